The number of ether oxygens (including phenoxy) is 2. The van der Waals surface area contributed by atoms with E-state index in [1.54, 1.807) is 43.0 Å². The summed E-state index contributed by atoms with van der Waals surface area (Å²) in [5, 5.41) is 18.3. The molecule has 0 saturated carbocycles. The highest BCUT2D eigenvalue weighted by Crippen LogP contribution is 2.39. The Bertz CT molecular complexity index is 1310. The van der Waals surface area contributed by atoms with Gasteiger partial charge in [0.15, 0.2) is 0 Å². The van der Waals surface area contributed by atoms with Crippen LogP contribution in [-0.2, 0) is 14.3 Å². The van der Waals surface area contributed by atoms with Gasteiger partial charge in [-0.15, -0.1) is 0 Å². The van der Waals surface area contributed by atoms with E-state index in [0.29, 0.717) is 48.9 Å². The summed E-state index contributed by atoms with van der Waals surface area (Å²) in [6, 6.07) is 15.8. The second-order valence-electron chi connectivity index (χ2n) is 9.25. The highest BCUT2D eigenvalue weighted by molar-refractivity contribution is 6.46. The average Bonchev–Trinajstić information content (AvgIpc) is 3.45. The van der Waals surface area contributed by atoms with E-state index in [9.17, 15) is 14.7 Å². The standard InChI is InChI=1S/C28H30N4O5/c1-19-23(18-29-32(19)21-6-4-3-5-7-21)26(33)24-25(20-8-10-22(36-2)11-9-20)31(28(35)27(24)34)13-12-30-14-16-37-17-15-30/h3-11,18,25,33H,12-17H2,1-2H3/b26-24+. The molecule has 1 atom stereocenters. The summed E-state index contributed by atoms with van der Waals surface area (Å²) in [7, 11) is 1.57. The molecule has 5 rings (SSSR count). The number of hydrogen-bond donors (Lipinski definition) is 1. The van der Waals surface area contributed by atoms with Crippen molar-refractivity contribution in [3.05, 3.63) is 83.2 Å². The number of carbonyl (C=O) groups excluding carboxylic acids is 2. The van der Waals surface area contributed by atoms with Gasteiger partial charge >= 0.3 is 0 Å². The molecule has 2 aromatic carbocycles. The lowest BCUT2D eigenvalue weighted by Gasteiger charge is -2.30. The van der Waals surface area contributed by atoms with E-state index in [0.717, 1.165) is 18.8 Å². The number of quaternary nitrogens is 1. The average molecular weight is 503 g/mol. The Hall–Kier alpha value is -3.95. The zero-order chi connectivity index (χ0) is 25.9. The Labute approximate surface area is 215 Å². The number of nitrogens with zero attached hydrogens (tertiary/aromatic N) is 3. The quantitative estimate of drug-likeness (QED) is 0.284. The third kappa shape index (κ3) is 4.75. The molecule has 9 nitrogen and oxygen atoms in total. The lowest BCUT2D eigenvalue weighted by atomic mass is 9.95. The molecule has 2 aliphatic rings. The van der Waals surface area contributed by atoms with E-state index in [-0.39, 0.29) is 5.57 Å². The first-order valence-electron chi connectivity index (χ1n) is 12.4. The van der Waals surface area contributed by atoms with Crippen molar-refractivity contribution in [3.8, 4) is 11.4 Å². The zero-order valence-electron chi connectivity index (χ0n) is 21.0. The first-order chi connectivity index (χ1) is 18.0. The van der Waals surface area contributed by atoms with E-state index in [1.165, 1.54) is 16.0 Å². The van der Waals surface area contributed by atoms with Crippen LogP contribution in [0.3, 0.4) is 0 Å². The van der Waals surface area contributed by atoms with Crippen molar-refractivity contribution in [1.82, 2.24) is 14.7 Å². The number of benzene rings is 2. The first-order valence-corrected chi connectivity index (χ1v) is 12.4. The van der Waals surface area contributed by atoms with Crippen LogP contribution in [0.5, 0.6) is 5.75 Å². The number of carbonyl (C=O) groups is 2. The number of ketones is 1. The normalized spacial score (nSPS) is 19.9. The molecule has 3 heterocycles. The number of likely N-dealkylation sites (tertiary alicyclic amines) is 1. The summed E-state index contributed by atoms with van der Waals surface area (Å²) >= 11 is 0. The number of nitrogens with one attached hydrogen (secondary N) is 1. The Balaban J connectivity index is 1.55. The smallest absolute Gasteiger partial charge is 0.295 e. The van der Waals surface area contributed by atoms with Gasteiger partial charge in [0.1, 0.15) is 18.8 Å². The van der Waals surface area contributed by atoms with Gasteiger partial charge in [0, 0.05) is 16.8 Å². The maximum Gasteiger partial charge on any atom is 0.295 e. The molecule has 9 heteroatoms. The molecular formula is C28H30N4O5. The molecule has 1 aromatic heterocycles. The Morgan fingerprint density at radius 3 is 2.49 bits per heavy atom. The van der Waals surface area contributed by atoms with E-state index < -0.39 is 23.5 Å². The minimum atomic E-state index is -0.779. The van der Waals surface area contributed by atoms with Crippen LogP contribution in [0, 0.1) is 6.92 Å². The van der Waals surface area contributed by atoms with Gasteiger partial charge in [-0.25, -0.2) is 4.68 Å². The Morgan fingerprint density at radius 1 is 1.11 bits per heavy atom. The summed E-state index contributed by atoms with van der Waals surface area (Å²) in [5.74, 6) is -1.23. The first kappa shape index (κ1) is 24.7. The molecule has 1 amide bonds. The molecule has 37 heavy (non-hydrogen) atoms. The summed E-state index contributed by atoms with van der Waals surface area (Å²) in [4.78, 5) is 29.5. The predicted octanol–water partition coefficient (Wildman–Crippen LogP) is 0.328. The molecule has 0 bridgehead atoms. The maximum absolute atomic E-state index is 13.9. The summed E-state index contributed by atoms with van der Waals surface area (Å²) in [6.45, 7) is 5.84. The summed E-state index contributed by atoms with van der Waals surface area (Å²) in [5.41, 5.74) is 2.36. The zero-order valence-corrected chi connectivity index (χ0v) is 21.0. The SMILES string of the molecule is COc1ccc(C2/C(=C(\[O-])c3cnn(-c4ccccc4)c3C)C(=O)C(=O)N2CC[NH+]2CCOCC2)cc1. The van der Waals surface area contributed by atoms with Gasteiger partial charge in [-0.05, 0) is 36.8 Å². The van der Waals surface area contributed by atoms with Crippen LogP contribution >= 0.6 is 0 Å². The maximum atomic E-state index is 13.9. The van der Waals surface area contributed by atoms with Crippen LogP contribution in [-0.4, -0.2) is 72.9 Å². The van der Waals surface area contributed by atoms with E-state index in [4.69, 9.17) is 9.47 Å². The van der Waals surface area contributed by atoms with Crippen LogP contribution in [0.2, 0.25) is 0 Å². The van der Waals surface area contributed by atoms with E-state index >= 15 is 0 Å². The molecule has 2 fully saturated rings. The number of rotatable bonds is 7. The number of morpholine rings is 1. The predicted molar refractivity (Wildman–Crippen MR) is 134 cm³/mol. The fourth-order valence-corrected chi connectivity index (χ4v) is 5.03. The number of amides is 1. The molecule has 3 aromatic rings. The van der Waals surface area contributed by atoms with Crippen molar-refractivity contribution in [3.63, 3.8) is 0 Å². The number of hydrogen-bond acceptors (Lipinski definition) is 6. The number of methoxy groups -OCH3 is 1. The van der Waals surface area contributed by atoms with Gasteiger partial charge < -0.3 is 24.4 Å². The minimum absolute atomic E-state index is 0.0390. The molecule has 2 saturated heterocycles. The lowest BCUT2D eigenvalue weighted by Crippen LogP contribution is -3.14. The van der Waals surface area contributed by atoms with Gasteiger partial charge in [-0.3, -0.25) is 9.59 Å². The topological polar surface area (TPSA) is 101 Å². The largest absolute Gasteiger partial charge is 0.872 e. The Kier molecular flexibility index (Phi) is 7.07. The molecule has 0 radical (unpaired) electrons. The van der Waals surface area contributed by atoms with Crippen LogP contribution in [0.25, 0.3) is 11.4 Å². The van der Waals surface area contributed by atoms with Crippen LogP contribution < -0.4 is 14.7 Å². The van der Waals surface area contributed by atoms with Crippen molar-refractivity contribution in [2.75, 3.05) is 46.5 Å². The number of Topliss-reactive ketones (excluding diaryl/α,β-unsaturated/α-hetero) is 1. The summed E-state index contributed by atoms with van der Waals surface area (Å²) in [6.07, 6.45) is 1.47. The molecule has 2 aliphatic heterocycles. The van der Waals surface area contributed by atoms with Gasteiger partial charge in [0.05, 0.1) is 51.3 Å². The van der Waals surface area contributed by atoms with Crippen molar-refractivity contribution in [2.45, 2.75) is 13.0 Å². The fourth-order valence-electron chi connectivity index (χ4n) is 5.03. The van der Waals surface area contributed by atoms with Crippen LogP contribution in [0.4, 0.5) is 0 Å². The molecular weight excluding hydrogens is 472 g/mol. The van der Waals surface area contributed by atoms with Crippen molar-refractivity contribution < 1.29 is 29.1 Å². The van der Waals surface area contributed by atoms with Gasteiger partial charge in [-0.2, -0.15) is 5.10 Å². The van der Waals surface area contributed by atoms with Crippen molar-refractivity contribution in [1.29, 1.82) is 0 Å². The highest BCUT2D eigenvalue weighted by Gasteiger charge is 2.44. The second-order valence-corrected chi connectivity index (χ2v) is 9.25. The fraction of sp³-hybridized carbons (Fsp3) is 0.321. The third-order valence-corrected chi connectivity index (χ3v) is 7.12. The van der Waals surface area contributed by atoms with Gasteiger partial charge in [0.25, 0.3) is 5.91 Å². The van der Waals surface area contributed by atoms with Gasteiger partial charge in [-0.1, -0.05) is 36.1 Å². The van der Waals surface area contributed by atoms with E-state index in [1.807, 2.05) is 30.3 Å². The van der Waals surface area contributed by atoms with E-state index in [2.05, 4.69) is 5.10 Å². The van der Waals surface area contributed by atoms with Crippen molar-refractivity contribution in [2.24, 2.45) is 0 Å². The number of para-hydroxylation sites is 1. The molecule has 1 N–H and O–H groups in total. The molecule has 192 valence electrons. The van der Waals surface area contributed by atoms with Gasteiger partial charge in [0.2, 0.25) is 5.78 Å². The molecule has 0 spiro atoms. The minimum Gasteiger partial charge on any atom is -0.872 e. The Morgan fingerprint density at radius 2 is 1.81 bits per heavy atom. The van der Waals surface area contributed by atoms with Crippen LogP contribution in [0.15, 0.2) is 66.4 Å². The monoisotopic (exact) mass is 502 g/mol. The van der Waals surface area contributed by atoms with Crippen LogP contribution in [0.1, 0.15) is 22.9 Å². The number of aromatic nitrogens is 2. The summed E-state index contributed by atoms with van der Waals surface area (Å²) < 4.78 is 12.4. The lowest BCUT2D eigenvalue weighted by molar-refractivity contribution is -0.907. The molecule has 1 unspecified atom stereocenters. The highest BCUT2D eigenvalue weighted by atomic mass is 16.5. The van der Waals surface area contributed by atoms with Crippen molar-refractivity contribution >= 4 is 17.4 Å². The second kappa shape index (κ2) is 10.6. The molecule has 0 aliphatic carbocycles. The third-order valence-electron chi connectivity index (χ3n) is 7.12.